The number of nitrogens with one attached hydrogen (secondary N) is 3. The van der Waals surface area contributed by atoms with Gasteiger partial charge in [-0.05, 0) is 38.7 Å². The molecule has 2 aliphatic rings. The number of hydrogen-bond donors (Lipinski definition) is 3. The summed E-state index contributed by atoms with van der Waals surface area (Å²) in [4.78, 5) is 9.37. The Morgan fingerprint density at radius 2 is 2.07 bits per heavy atom. The molecule has 0 spiro atoms. The van der Waals surface area contributed by atoms with E-state index >= 15 is 0 Å². The summed E-state index contributed by atoms with van der Waals surface area (Å²) in [6.45, 7) is 6.87. The Morgan fingerprint density at radius 3 is 2.83 bits per heavy atom. The molecule has 0 bridgehead atoms. The van der Waals surface area contributed by atoms with Gasteiger partial charge in [-0.3, -0.25) is 4.99 Å². The van der Waals surface area contributed by atoms with Gasteiger partial charge in [-0.2, -0.15) is 5.10 Å². The van der Waals surface area contributed by atoms with Crippen molar-refractivity contribution in [2.75, 3.05) is 13.1 Å². The highest BCUT2D eigenvalue weighted by atomic mass is 15.4. The van der Waals surface area contributed by atoms with Crippen molar-refractivity contribution >= 4 is 5.96 Å². The minimum atomic E-state index is 0.0727. The van der Waals surface area contributed by atoms with Crippen molar-refractivity contribution in [2.24, 2.45) is 4.99 Å². The maximum absolute atomic E-state index is 5.04. The SMILES string of the molecule is CCNC(=NCC1(NC(C)c2ccccc2)CCCC1)NC1CCc2ncnn2C1. The third-order valence-electron chi connectivity index (χ3n) is 6.41. The van der Waals surface area contributed by atoms with Crippen LogP contribution >= 0.6 is 0 Å². The monoisotopic (exact) mass is 409 g/mol. The van der Waals surface area contributed by atoms with Crippen LogP contribution in [-0.2, 0) is 13.0 Å². The summed E-state index contributed by atoms with van der Waals surface area (Å²) < 4.78 is 2.01. The molecule has 4 rings (SSSR count). The van der Waals surface area contributed by atoms with E-state index in [1.807, 2.05) is 4.68 Å². The van der Waals surface area contributed by atoms with Crippen molar-refractivity contribution in [2.45, 2.75) is 76.5 Å². The number of aromatic nitrogens is 3. The van der Waals surface area contributed by atoms with Crippen LogP contribution in [0.25, 0.3) is 0 Å². The first-order chi connectivity index (χ1) is 14.7. The summed E-state index contributed by atoms with van der Waals surface area (Å²) in [5.41, 5.74) is 1.41. The summed E-state index contributed by atoms with van der Waals surface area (Å²) in [6.07, 6.45) is 8.56. The van der Waals surface area contributed by atoms with Crippen molar-refractivity contribution in [1.29, 1.82) is 0 Å². The first-order valence-electron chi connectivity index (χ1n) is 11.4. The molecule has 1 aromatic carbocycles. The molecular weight excluding hydrogens is 374 g/mol. The van der Waals surface area contributed by atoms with Gasteiger partial charge in [0, 0.05) is 30.6 Å². The van der Waals surface area contributed by atoms with Crippen LogP contribution in [-0.4, -0.2) is 45.4 Å². The standard InChI is InChI=1S/C23H35N7/c1-3-24-22(28-20-11-12-21-26-17-27-30(21)15-20)25-16-23(13-7-8-14-23)29-18(2)19-9-5-4-6-10-19/h4-6,9-10,17-18,20,29H,3,7-8,11-16H2,1-2H3,(H2,24,25,28). The molecule has 0 saturated heterocycles. The number of benzene rings is 1. The lowest BCUT2D eigenvalue weighted by atomic mass is 9.95. The smallest absolute Gasteiger partial charge is 0.191 e. The average molecular weight is 410 g/mol. The zero-order chi connectivity index (χ0) is 20.8. The average Bonchev–Trinajstić information content (AvgIpc) is 3.42. The van der Waals surface area contributed by atoms with E-state index in [9.17, 15) is 0 Å². The fourth-order valence-corrected chi connectivity index (χ4v) is 4.78. The van der Waals surface area contributed by atoms with Gasteiger partial charge in [0.15, 0.2) is 5.96 Å². The Balaban J connectivity index is 1.42. The van der Waals surface area contributed by atoms with Crippen LogP contribution in [0.1, 0.15) is 63.4 Å². The van der Waals surface area contributed by atoms with Gasteiger partial charge in [-0.1, -0.05) is 43.2 Å². The lowest BCUT2D eigenvalue weighted by molar-refractivity contribution is 0.307. The van der Waals surface area contributed by atoms with E-state index in [0.29, 0.717) is 12.1 Å². The molecule has 7 heteroatoms. The van der Waals surface area contributed by atoms with Gasteiger partial charge in [-0.15, -0.1) is 0 Å². The summed E-state index contributed by atoms with van der Waals surface area (Å²) in [6, 6.07) is 11.4. The first-order valence-corrected chi connectivity index (χ1v) is 11.4. The van der Waals surface area contributed by atoms with Gasteiger partial charge in [-0.25, -0.2) is 9.67 Å². The molecule has 2 unspecified atom stereocenters. The third-order valence-corrected chi connectivity index (χ3v) is 6.41. The van der Waals surface area contributed by atoms with Crippen molar-refractivity contribution < 1.29 is 0 Å². The Hall–Kier alpha value is -2.41. The molecule has 1 aliphatic heterocycles. The molecule has 1 aromatic heterocycles. The predicted octanol–water partition coefficient (Wildman–Crippen LogP) is 2.81. The lowest BCUT2D eigenvalue weighted by Gasteiger charge is -2.33. The Labute approximate surface area is 179 Å². The van der Waals surface area contributed by atoms with Crippen LogP contribution < -0.4 is 16.0 Å². The Kier molecular flexibility index (Phi) is 6.67. The van der Waals surface area contributed by atoms with Crippen LogP contribution in [0.4, 0.5) is 0 Å². The van der Waals surface area contributed by atoms with E-state index in [1.165, 1.54) is 31.2 Å². The minimum Gasteiger partial charge on any atom is -0.357 e. The fraction of sp³-hybridized carbons (Fsp3) is 0.609. The van der Waals surface area contributed by atoms with Crippen molar-refractivity contribution in [3.05, 3.63) is 48.0 Å². The molecule has 3 N–H and O–H groups in total. The van der Waals surface area contributed by atoms with Crippen molar-refractivity contribution in [3.63, 3.8) is 0 Å². The van der Waals surface area contributed by atoms with Crippen LogP contribution in [0.15, 0.2) is 41.7 Å². The van der Waals surface area contributed by atoms with E-state index in [4.69, 9.17) is 4.99 Å². The fourth-order valence-electron chi connectivity index (χ4n) is 4.78. The molecule has 7 nitrogen and oxygen atoms in total. The van der Waals surface area contributed by atoms with E-state index < -0.39 is 0 Å². The van der Waals surface area contributed by atoms with Gasteiger partial charge in [0.05, 0.1) is 13.1 Å². The third kappa shape index (κ3) is 5.01. The summed E-state index contributed by atoms with van der Waals surface area (Å²) in [5, 5.41) is 15.3. The van der Waals surface area contributed by atoms with Crippen molar-refractivity contribution in [1.82, 2.24) is 30.7 Å². The molecule has 1 aliphatic carbocycles. The van der Waals surface area contributed by atoms with Crippen molar-refractivity contribution in [3.8, 4) is 0 Å². The second-order valence-electron chi connectivity index (χ2n) is 8.70. The molecule has 0 amide bonds. The van der Waals surface area contributed by atoms with Gasteiger partial charge < -0.3 is 16.0 Å². The highest BCUT2D eigenvalue weighted by molar-refractivity contribution is 5.80. The highest BCUT2D eigenvalue weighted by Gasteiger charge is 2.35. The van der Waals surface area contributed by atoms with Crippen LogP contribution in [0.3, 0.4) is 0 Å². The molecule has 2 heterocycles. The summed E-state index contributed by atoms with van der Waals surface area (Å²) in [5.74, 6) is 1.99. The summed E-state index contributed by atoms with van der Waals surface area (Å²) in [7, 11) is 0. The molecule has 1 saturated carbocycles. The number of fused-ring (bicyclic) bond motifs is 1. The number of aryl methyl sites for hydroxylation is 1. The number of hydrogen-bond acceptors (Lipinski definition) is 4. The number of rotatable bonds is 7. The second-order valence-corrected chi connectivity index (χ2v) is 8.70. The molecular formula is C23H35N7. The Morgan fingerprint density at radius 1 is 1.27 bits per heavy atom. The molecule has 1 fully saturated rings. The number of guanidine groups is 1. The van der Waals surface area contributed by atoms with E-state index in [0.717, 1.165) is 44.3 Å². The zero-order valence-electron chi connectivity index (χ0n) is 18.3. The quantitative estimate of drug-likeness (QED) is 0.484. The van der Waals surface area contributed by atoms with E-state index in [1.54, 1.807) is 6.33 Å². The maximum Gasteiger partial charge on any atom is 0.191 e. The lowest BCUT2D eigenvalue weighted by Crippen LogP contribution is -2.50. The Bertz CT molecular complexity index is 823. The normalized spacial score (nSPS) is 21.8. The number of nitrogens with zero attached hydrogens (tertiary/aromatic N) is 4. The maximum atomic E-state index is 5.04. The van der Waals surface area contributed by atoms with Crippen LogP contribution in [0, 0.1) is 0 Å². The highest BCUT2D eigenvalue weighted by Crippen LogP contribution is 2.32. The molecule has 0 radical (unpaired) electrons. The molecule has 162 valence electrons. The summed E-state index contributed by atoms with van der Waals surface area (Å²) >= 11 is 0. The molecule has 2 atom stereocenters. The van der Waals surface area contributed by atoms with Gasteiger partial charge >= 0.3 is 0 Å². The van der Waals surface area contributed by atoms with E-state index in [-0.39, 0.29) is 5.54 Å². The number of aliphatic imine (C=N–C) groups is 1. The van der Waals surface area contributed by atoms with Crippen LogP contribution in [0.2, 0.25) is 0 Å². The largest absolute Gasteiger partial charge is 0.357 e. The van der Waals surface area contributed by atoms with Crippen LogP contribution in [0.5, 0.6) is 0 Å². The zero-order valence-corrected chi connectivity index (χ0v) is 18.3. The molecule has 2 aromatic rings. The van der Waals surface area contributed by atoms with Gasteiger partial charge in [0.2, 0.25) is 0 Å². The van der Waals surface area contributed by atoms with E-state index in [2.05, 4.69) is 70.2 Å². The predicted molar refractivity (Wildman–Crippen MR) is 120 cm³/mol. The second kappa shape index (κ2) is 9.60. The van der Waals surface area contributed by atoms with Gasteiger partial charge in [0.25, 0.3) is 0 Å². The van der Waals surface area contributed by atoms with Gasteiger partial charge in [0.1, 0.15) is 12.2 Å². The first kappa shape index (κ1) is 20.8. The molecule has 30 heavy (non-hydrogen) atoms. The topological polar surface area (TPSA) is 79.2 Å². The minimum absolute atomic E-state index is 0.0727.